The van der Waals surface area contributed by atoms with Crippen LogP contribution < -0.4 is 5.73 Å². The van der Waals surface area contributed by atoms with Crippen LogP contribution in [0.15, 0.2) is 11.6 Å². The van der Waals surface area contributed by atoms with Gasteiger partial charge in [0.1, 0.15) is 11.4 Å². The van der Waals surface area contributed by atoms with Crippen molar-refractivity contribution in [3.63, 3.8) is 0 Å². The first kappa shape index (κ1) is 20.7. The van der Waals surface area contributed by atoms with E-state index in [4.69, 9.17) is 5.73 Å². The maximum atomic E-state index is 13.4. The predicted molar refractivity (Wildman–Crippen MR) is 103 cm³/mol. The molecule has 0 heterocycles. The third kappa shape index (κ3) is 2.54. The van der Waals surface area contributed by atoms with Crippen LogP contribution in [0, 0.1) is 28.6 Å². The Hall–Kier alpha value is -1.04. The summed E-state index contributed by atoms with van der Waals surface area (Å²) >= 11 is 0. The van der Waals surface area contributed by atoms with Gasteiger partial charge in [-0.05, 0) is 55.4 Å². The molecule has 0 amide bonds. The number of aliphatic hydroxyl groups is 1. The quantitative estimate of drug-likeness (QED) is 0.748. The summed E-state index contributed by atoms with van der Waals surface area (Å²) in [6.45, 7) is 3.88. The lowest BCUT2D eigenvalue weighted by Gasteiger charge is -2.57. The second kappa shape index (κ2) is 6.50. The van der Waals surface area contributed by atoms with Gasteiger partial charge in [-0.3, -0.25) is 14.4 Å². The van der Waals surface area contributed by atoms with E-state index in [-0.39, 0.29) is 65.9 Å². The van der Waals surface area contributed by atoms with Gasteiger partial charge in [-0.15, -0.1) is 12.4 Å². The van der Waals surface area contributed by atoms with Gasteiger partial charge < -0.3 is 10.8 Å². The zero-order valence-electron chi connectivity index (χ0n) is 16.1. The Labute approximate surface area is 166 Å². The minimum absolute atomic E-state index is 0. The molecule has 0 saturated heterocycles. The molecule has 6 unspecified atom stereocenters. The highest BCUT2D eigenvalue weighted by Gasteiger charge is 2.68. The standard InChI is InChI=1S/C21H29NO4.ClH/c1-19-7-5-13(23)9-12(19)3-4-14-15-6-8-21(26,17(25)11-22)20(15,2)10-16(24)18(14)19;/h9,14-15,18,26H,3-8,10-11,22H2,1-2H3;1H. The topological polar surface area (TPSA) is 97.5 Å². The molecule has 6 heteroatoms. The van der Waals surface area contributed by atoms with E-state index in [1.807, 2.05) is 6.92 Å². The van der Waals surface area contributed by atoms with Crippen molar-refractivity contribution in [2.24, 2.45) is 34.3 Å². The third-order valence-electron chi connectivity index (χ3n) is 8.45. The van der Waals surface area contributed by atoms with E-state index < -0.39 is 11.0 Å². The molecule has 4 rings (SSSR count). The minimum atomic E-state index is -1.48. The summed E-state index contributed by atoms with van der Waals surface area (Å²) < 4.78 is 0. The first-order chi connectivity index (χ1) is 12.2. The fraction of sp³-hybridized carbons (Fsp3) is 0.762. The van der Waals surface area contributed by atoms with E-state index in [0.29, 0.717) is 12.8 Å². The highest BCUT2D eigenvalue weighted by Crippen LogP contribution is 2.66. The number of hydrogen-bond acceptors (Lipinski definition) is 5. The van der Waals surface area contributed by atoms with Crippen molar-refractivity contribution in [2.45, 2.75) is 64.4 Å². The van der Waals surface area contributed by atoms with E-state index in [9.17, 15) is 19.5 Å². The molecule has 4 aliphatic rings. The average molecular weight is 396 g/mol. The van der Waals surface area contributed by atoms with Crippen molar-refractivity contribution in [3.8, 4) is 0 Å². The Bertz CT molecular complexity index is 734. The number of carbonyl (C=O) groups is 3. The molecule has 0 aliphatic heterocycles. The minimum Gasteiger partial charge on any atom is -0.381 e. The molecular formula is C21H30ClNO4. The van der Waals surface area contributed by atoms with Crippen LogP contribution >= 0.6 is 12.4 Å². The van der Waals surface area contributed by atoms with E-state index in [2.05, 4.69) is 6.92 Å². The Morgan fingerprint density at radius 3 is 2.59 bits per heavy atom. The Balaban J connectivity index is 0.00000210. The van der Waals surface area contributed by atoms with Crippen molar-refractivity contribution < 1.29 is 19.5 Å². The summed E-state index contributed by atoms with van der Waals surface area (Å²) in [5.74, 6) is 0.232. The molecule has 4 aliphatic carbocycles. The molecule has 0 spiro atoms. The number of carbonyl (C=O) groups excluding carboxylic acids is 3. The maximum Gasteiger partial charge on any atom is 0.178 e. The molecule has 150 valence electrons. The number of Topliss-reactive ketones (excluding diaryl/α,β-unsaturated/α-hetero) is 2. The van der Waals surface area contributed by atoms with Gasteiger partial charge in [0, 0.05) is 24.2 Å². The van der Waals surface area contributed by atoms with Gasteiger partial charge in [0.25, 0.3) is 0 Å². The number of rotatable bonds is 2. The first-order valence-corrected chi connectivity index (χ1v) is 9.90. The SMILES string of the molecule is CC12CCC(=O)C=C1CCC1C2C(=O)CC2(C)C1CCC2(O)C(=O)CN.Cl. The molecule has 3 fully saturated rings. The van der Waals surface area contributed by atoms with Gasteiger partial charge in [-0.1, -0.05) is 19.4 Å². The van der Waals surface area contributed by atoms with Crippen LogP contribution in [0.1, 0.15) is 58.8 Å². The number of nitrogens with two attached hydrogens (primary N) is 1. The molecular weight excluding hydrogens is 366 g/mol. The van der Waals surface area contributed by atoms with E-state index in [1.54, 1.807) is 6.08 Å². The highest BCUT2D eigenvalue weighted by molar-refractivity contribution is 5.94. The van der Waals surface area contributed by atoms with Gasteiger partial charge in [0.15, 0.2) is 11.6 Å². The first-order valence-electron chi connectivity index (χ1n) is 9.90. The largest absolute Gasteiger partial charge is 0.381 e. The fourth-order valence-electron chi connectivity index (χ4n) is 7.01. The third-order valence-corrected chi connectivity index (χ3v) is 8.45. The lowest BCUT2D eigenvalue weighted by atomic mass is 9.46. The Morgan fingerprint density at radius 2 is 1.93 bits per heavy atom. The van der Waals surface area contributed by atoms with E-state index in [0.717, 1.165) is 31.3 Å². The lowest BCUT2D eigenvalue weighted by Crippen LogP contribution is -2.61. The molecule has 0 aromatic rings. The van der Waals surface area contributed by atoms with Crippen molar-refractivity contribution in [1.29, 1.82) is 0 Å². The van der Waals surface area contributed by atoms with Gasteiger partial charge in [-0.25, -0.2) is 0 Å². The van der Waals surface area contributed by atoms with Gasteiger partial charge >= 0.3 is 0 Å². The Morgan fingerprint density at radius 1 is 1.22 bits per heavy atom. The molecule has 0 bridgehead atoms. The van der Waals surface area contributed by atoms with Crippen LogP contribution in [0.3, 0.4) is 0 Å². The second-order valence-electron chi connectivity index (χ2n) is 9.43. The van der Waals surface area contributed by atoms with Crippen LogP contribution in [-0.4, -0.2) is 34.6 Å². The maximum absolute atomic E-state index is 13.4. The van der Waals surface area contributed by atoms with Gasteiger partial charge in [0.2, 0.25) is 0 Å². The van der Waals surface area contributed by atoms with Crippen molar-refractivity contribution in [3.05, 3.63) is 11.6 Å². The molecule has 3 N–H and O–H groups in total. The second-order valence-corrected chi connectivity index (χ2v) is 9.43. The molecule has 3 saturated carbocycles. The Kier molecular flexibility index (Phi) is 4.98. The van der Waals surface area contributed by atoms with Gasteiger partial charge in [-0.2, -0.15) is 0 Å². The van der Waals surface area contributed by atoms with Gasteiger partial charge in [0.05, 0.1) is 6.54 Å². The number of allylic oxidation sites excluding steroid dienone is 1. The molecule has 0 aromatic carbocycles. The zero-order valence-corrected chi connectivity index (χ0v) is 16.9. The smallest absolute Gasteiger partial charge is 0.178 e. The predicted octanol–water partition coefficient (Wildman–Crippen LogP) is 2.38. The summed E-state index contributed by atoms with van der Waals surface area (Å²) in [6, 6.07) is 0. The molecule has 0 aromatic heterocycles. The fourth-order valence-corrected chi connectivity index (χ4v) is 7.01. The summed E-state index contributed by atoms with van der Waals surface area (Å²) in [6.07, 6.45) is 6.13. The zero-order chi connectivity index (χ0) is 18.9. The van der Waals surface area contributed by atoms with E-state index >= 15 is 0 Å². The van der Waals surface area contributed by atoms with Crippen LogP contribution in [0.25, 0.3) is 0 Å². The molecule has 5 nitrogen and oxygen atoms in total. The highest BCUT2D eigenvalue weighted by atomic mass is 35.5. The number of ketones is 3. The number of hydrogen-bond donors (Lipinski definition) is 2. The summed E-state index contributed by atoms with van der Waals surface area (Å²) in [4.78, 5) is 37.7. The molecule has 0 radical (unpaired) electrons. The van der Waals surface area contributed by atoms with E-state index in [1.165, 1.54) is 0 Å². The summed E-state index contributed by atoms with van der Waals surface area (Å²) in [7, 11) is 0. The van der Waals surface area contributed by atoms with Crippen LogP contribution in [-0.2, 0) is 14.4 Å². The number of fused-ring (bicyclic) bond motifs is 5. The monoisotopic (exact) mass is 395 g/mol. The lowest BCUT2D eigenvalue weighted by molar-refractivity contribution is -0.168. The molecule has 6 atom stereocenters. The van der Waals surface area contributed by atoms with Crippen LogP contribution in [0.2, 0.25) is 0 Å². The van der Waals surface area contributed by atoms with Crippen molar-refractivity contribution in [2.75, 3.05) is 6.54 Å². The normalized spacial score (nSPS) is 45.9. The summed E-state index contributed by atoms with van der Waals surface area (Å²) in [5.41, 5.74) is 4.27. The molecule has 27 heavy (non-hydrogen) atoms. The average Bonchev–Trinajstić information content (AvgIpc) is 2.86. The summed E-state index contributed by atoms with van der Waals surface area (Å²) in [5, 5.41) is 11.2. The van der Waals surface area contributed by atoms with Crippen LogP contribution in [0.4, 0.5) is 0 Å². The van der Waals surface area contributed by atoms with Crippen LogP contribution in [0.5, 0.6) is 0 Å². The number of halogens is 1. The van der Waals surface area contributed by atoms with Crippen molar-refractivity contribution in [1.82, 2.24) is 0 Å². The van der Waals surface area contributed by atoms with Crippen molar-refractivity contribution >= 4 is 29.8 Å².